The minimum absolute atomic E-state index is 0.171. The Morgan fingerprint density at radius 1 is 1.19 bits per heavy atom. The maximum absolute atomic E-state index is 9.16. The number of likely N-dealkylation sites (N-methyl/N-ethyl adjacent to an activating group) is 1. The molecule has 0 aliphatic carbocycles. The average Bonchev–Trinajstić information content (AvgIpc) is 3.32. The van der Waals surface area contributed by atoms with Gasteiger partial charge in [0, 0.05) is 34.6 Å². The molecular formula is C21H25ClN2O2S. The van der Waals surface area contributed by atoms with Gasteiger partial charge in [0.2, 0.25) is 0 Å². The van der Waals surface area contributed by atoms with Crippen molar-refractivity contribution in [3.05, 3.63) is 69.6 Å². The smallest absolute Gasteiger partial charge is 0.134 e. The van der Waals surface area contributed by atoms with Gasteiger partial charge in [0.25, 0.3) is 0 Å². The molecule has 1 atom stereocenters. The molecule has 2 aromatic heterocycles. The molecule has 6 heteroatoms. The molecule has 27 heavy (non-hydrogen) atoms. The maximum atomic E-state index is 9.16. The molecule has 0 spiro atoms. The van der Waals surface area contributed by atoms with E-state index in [0.717, 1.165) is 35.1 Å². The minimum atomic E-state index is 0.171. The van der Waals surface area contributed by atoms with Crippen LogP contribution in [-0.2, 0) is 13.0 Å². The number of nitrogens with zero attached hydrogens (tertiary/aromatic N) is 1. The van der Waals surface area contributed by atoms with Gasteiger partial charge in [-0.1, -0.05) is 17.7 Å². The summed E-state index contributed by atoms with van der Waals surface area (Å²) in [6.07, 6.45) is 0.957. The highest BCUT2D eigenvalue weighted by Crippen LogP contribution is 2.24. The SMILES string of the molecule is CN(CCO)CC(Cc1cccs1)NCc1ccc(-c2ccc(Cl)cc2)o1. The molecule has 2 N–H and O–H groups in total. The van der Waals surface area contributed by atoms with Gasteiger partial charge >= 0.3 is 0 Å². The maximum Gasteiger partial charge on any atom is 0.134 e. The lowest BCUT2D eigenvalue weighted by Gasteiger charge is -2.24. The van der Waals surface area contributed by atoms with Crippen molar-refractivity contribution in [1.82, 2.24) is 10.2 Å². The van der Waals surface area contributed by atoms with Gasteiger partial charge in [0.15, 0.2) is 0 Å². The van der Waals surface area contributed by atoms with Gasteiger partial charge < -0.3 is 19.7 Å². The van der Waals surface area contributed by atoms with E-state index < -0.39 is 0 Å². The summed E-state index contributed by atoms with van der Waals surface area (Å²) in [5, 5.41) is 15.6. The third kappa shape index (κ3) is 6.19. The Bertz CT molecular complexity index is 802. The van der Waals surface area contributed by atoms with Crippen molar-refractivity contribution in [3.63, 3.8) is 0 Å². The number of halogens is 1. The van der Waals surface area contributed by atoms with Gasteiger partial charge in [-0.05, 0) is 61.3 Å². The first-order valence-corrected chi connectivity index (χ1v) is 10.3. The molecule has 0 saturated heterocycles. The van der Waals surface area contributed by atoms with E-state index in [1.54, 1.807) is 11.3 Å². The molecule has 2 heterocycles. The van der Waals surface area contributed by atoms with Crippen LogP contribution >= 0.6 is 22.9 Å². The van der Waals surface area contributed by atoms with Crippen LogP contribution in [0.1, 0.15) is 10.6 Å². The molecule has 0 amide bonds. The van der Waals surface area contributed by atoms with Crippen molar-refractivity contribution in [2.24, 2.45) is 0 Å². The lowest BCUT2D eigenvalue weighted by molar-refractivity contribution is 0.206. The van der Waals surface area contributed by atoms with E-state index in [1.165, 1.54) is 4.88 Å². The number of furan rings is 1. The lowest BCUT2D eigenvalue weighted by atomic mass is 10.1. The fraction of sp³-hybridized carbons (Fsp3) is 0.333. The van der Waals surface area contributed by atoms with Crippen molar-refractivity contribution >= 4 is 22.9 Å². The molecule has 3 rings (SSSR count). The second kappa shape index (κ2) is 10.1. The van der Waals surface area contributed by atoms with Gasteiger partial charge in [0.05, 0.1) is 13.2 Å². The molecule has 4 nitrogen and oxygen atoms in total. The Hall–Kier alpha value is -1.63. The van der Waals surface area contributed by atoms with Gasteiger partial charge in [-0.25, -0.2) is 0 Å². The predicted molar refractivity (Wildman–Crippen MR) is 112 cm³/mol. The van der Waals surface area contributed by atoms with E-state index in [2.05, 4.69) is 27.7 Å². The molecule has 0 aliphatic rings. The molecular weight excluding hydrogens is 380 g/mol. The number of nitrogens with one attached hydrogen (secondary N) is 1. The quantitative estimate of drug-likeness (QED) is 0.529. The summed E-state index contributed by atoms with van der Waals surface area (Å²) < 4.78 is 5.99. The standard InChI is InChI=1S/C21H25ClN2O2S/c1-24(10-11-25)15-18(13-20-3-2-12-27-20)23-14-19-8-9-21(26-19)16-4-6-17(22)7-5-16/h2-9,12,18,23,25H,10-11,13-15H2,1H3. The number of thiophene rings is 1. The van der Waals surface area contributed by atoms with Crippen LogP contribution in [0.5, 0.6) is 0 Å². The van der Waals surface area contributed by atoms with Crippen LogP contribution in [0, 0.1) is 0 Å². The molecule has 0 saturated carbocycles. The highest BCUT2D eigenvalue weighted by Gasteiger charge is 2.14. The van der Waals surface area contributed by atoms with Gasteiger partial charge in [0.1, 0.15) is 11.5 Å². The zero-order chi connectivity index (χ0) is 19.1. The van der Waals surface area contributed by atoms with E-state index in [4.69, 9.17) is 21.1 Å². The normalized spacial score (nSPS) is 12.6. The Balaban J connectivity index is 1.61. The zero-order valence-electron chi connectivity index (χ0n) is 15.4. The molecule has 0 fully saturated rings. The number of benzene rings is 1. The second-order valence-electron chi connectivity index (χ2n) is 6.62. The number of aliphatic hydroxyl groups excluding tert-OH is 1. The summed E-state index contributed by atoms with van der Waals surface area (Å²) in [6, 6.07) is 16.2. The first-order chi connectivity index (χ1) is 13.1. The largest absolute Gasteiger partial charge is 0.460 e. The molecule has 0 aliphatic heterocycles. The van der Waals surface area contributed by atoms with Crippen LogP contribution in [0.4, 0.5) is 0 Å². The summed E-state index contributed by atoms with van der Waals surface area (Å²) in [7, 11) is 2.03. The van der Waals surface area contributed by atoms with Crippen molar-refractivity contribution in [2.45, 2.75) is 19.0 Å². The van der Waals surface area contributed by atoms with E-state index in [-0.39, 0.29) is 12.6 Å². The van der Waals surface area contributed by atoms with Gasteiger partial charge in [-0.15, -0.1) is 11.3 Å². The second-order valence-corrected chi connectivity index (χ2v) is 8.09. The molecule has 3 aromatic rings. The Morgan fingerprint density at radius 3 is 2.70 bits per heavy atom. The number of aliphatic hydroxyl groups is 1. The lowest BCUT2D eigenvalue weighted by Crippen LogP contribution is -2.41. The van der Waals surface area contributed by atoms with E-state index in [1.807, 2.05) is 43.4 Å². The Kier molecular flexibility index (Phi) is 7.50. The third-order valence-electron chi connectivity index (χ3n) is 4.40. The van der Waals surface area contributed by atoms with Crippen LogP contribution in [-0.4, -0.2) is 42.8 Å². The van der Waals surface area contributed by atoms with Crippen molar-refractivity contribution in [2.75, 3.05) is 26.7 Å². The summed E-state index contributed by atoms with van der Waals surface area (Å²) in [6.45, 7) is 2.37. The highest BCUT2D eigenvalue weighted by atomic mass is 35.5. The zero-order valence-corrected chi connectivity index (χ0v) is 17.0. The van der Waals surface area contributed by atoms with Crippen LogP contribution in [0.2, 0.25) is 5.02 Å². The van der Waals surface area contributed by atoms with E-state index >= 15 is 0 Å². The van der Waals surface area contributed by atoms with Crippen LogP contribution < -0.4 is 5.32 Å². The third-order valence-corrected chi connectivity index (χ3v) is 5.55. The fourth-order valence-corrected chi connectivity index (χ4v) is 3.91. The number of rotatable bonds is 10. The Morgan fingerprint density at radius 2 is 2.00 bits per heavy atom. The van der Waals surface area contributed by atoms with Crippen LogP contribution in [0.15, 0.2) is 58.3 Å². The summed E-state index contributed by atoms with van der Waals surface area (Å²) >= 11 is 7.73. The molecule has 1 unspecified atom stereocenters. The predicted octanol–water partition coefficient (Wildman–Crippen LogP) is 4.29. The number of hydrogen-bond acceptors (Lipinski definition) is 5. The molecule has 144 valence electrons. The molecule has 1 aromatic carbocycles. The van der Waals surface area contributed by atoms with Crippen molar-refractivity contribution in [1.29, 1.82) is 0 Å². The average molecular weight is 405 g/mol. The topological polar surface area (TPSA) is 48.6 Å². The summed E-state index contributed by atoms with van der Waals surface area (Å²) in [5.41, 5.74) is 1.02. The number of hydrogen-bond donors (Lipinski definition) is 2. The highest BCUT2D eigenvalue weighted by molar-refractivity contribution is 7.09. The van der Waals surface area contributed by atoms with Crippen LogP contribution in [0.25, 0.3) is 11.3 Å². The van der Waals surface area contributed by atoms with E-state index in [9.17, 15) is 0 Å². The van der Waals surface area contributed by atoms with Crippen LogP contribution in [0.3, 0.4) is 0 Å². The minimum Gasteiger partial charge on any atom is -0.460 e. The van der Waals surface area contributed by atoms with Crippen molar-refractivity contribution < 1.29 is 9.52 Å². The molecule has 0 radical (unpaired) electrons. The van der Waals surface area contributed by atoms with Gasteiger partial charge in [-0.2, -0.15) is 0 Å². The van der Waals surface area contributed by atoms with Gasteiger partial charge in [-0.3, -0.25) is 0 Å². The summed E-state index contributed by atoms with van der Waals surface area (Å²) in [5.74, 6) is 1.75. The molecule has 0 bridgehead atoms. The van der Waals surface area contributed by atoms with Crippen molar-refractivity contribution in [3.8, 4) is 11.3 Å². The fourth-order valence-electron chi connectivity index (χ4n) is 3.00. The monoisotopic (exact) mass is 404 g/mol. The van der Waals surface area contributed by atoms with E-state index in [0.29, 0.717) is 13.1 Å². The first-order valence-electron chi connectivity index (χ1n) is 9.04. The first kappa shape index (κ1) is 20.1. The summed E-state index contributed by atoms with van der Waals surface area (Å²) in [4.78, 5) is 3.50. The Labute approximate surface area is 169 Å².